The zero-order valence-electron chi connectivity index (χ0n) is 19.6. The molecule has 2 aromatic carbocycles. The molecular formula is C28H23N5O3. The summed E-state index contributed by atoms with van der Waals surface area (Å²) in [6.45, 7) is -0.000977. The largest absolute Gasteiger partial charge is 0.489 e. The predicted molar refractivity (Wildman–Crippen MR) is 135 cm³/mol. The molecular weight excluding hydrogens is 454 g/mol. The van der Waals surface area contributed by atoms with E-state index >= 15 is 0 Å². The van der Waals surface area contributed by atoms with Crippen molar-refractivity contribution in [2.45, 2.75) is 12.5 Å². The van der Waals surface area contributed by atoms with Crippen LogP contribution in [0, 0.1) is 11.8 Å². The van der Waals surface area contributed by atoms with Gasteiger partial charge in [-0.2, -0.15) is 9.78 Å². The first-order chi connectivity index (χ1) is 17.6. The third kappa shape index (κ3) is 5.10. The molecule has 0 aliphatic carbocycles. The average Bonchev–Trinajstić information content (AvgIpc) is 3.35. The van der Waals surface area contributed by atoms with Crippen molar-refractivity contribution in [1.82, 2.24) is 20.1 Å². The number of likely N-dealkylation sites (N-methyl/N-ethyl adjacent to an activating group) is 1. The maximum atomic E-state index is 13.2. The molecule has 36 heavy (non-hydrogen) atoms. The van der Waals surface area contributed by atoms with Gasteiger partial charge in [0.05, 0.1) is 11.9 Å². The van der Waals surface area contributed by atoms with E-state index in [0.29, 0.717) is 29.1 Å². The second-order valence-electron chi connectivity index (χ2n) is 8.31. The highest BCUT2D eigenvalue weighted by molar-refractivity contribution is 6.00. The van der Waals surface area contributed by atoms with Gasteiger partial charge < -0.3 is 15.0 Å². The molecule has 1 aliphatic heterocycles. The van der Waals surface area contributed by atoms with Gasteiger partial charge in [0, 0.05) is 31.4 Å². The molecule has 1 aliphatic rings. The quantitative estimate of drug-likeness (QED) is 0.458. The van der Waals surface area contributed by atoms with Crippen LogP contribution in [0.5, 0.6) is 5.75 Å². The Bertz CT molecular complexity index is 1450. The molecule has 178 valence electrons. The maximum absolute atomic E-state index is 13.2. The summed E-state index contributed by atoms with van der Waals surface area (Å²) in [7, 11) is 1.65. The monoisotopic (exact) mass is 477 g/mol. The lowest BCUT2D eigenvalue weighted by Crippen LogP contribution is -2.50. The Kier molecular flexibility index (Phi) is 6.45. The molecule has 5 rings (SSSR count). The molecule has 0 saturated carbocycles. The van der Waals surface area contributed by atoms with Gasteiger partial charge >= 0.3 is 6.03 Å². The van der Waals surface area contributed by atoms with Crippen LogP contribution in [-0.4, -0.2) is 46.4 Å². The molecule has 0 unspecified atom stereocenters. The number of benzene rings is 2. The SMILES string of the molecule is CN1C(=O)[C@@H](NC(=O)n2cc(Cc3ccccc3)cn2)COc2ccc(C#Cc3ccccn3)cc21. The minimum Gasteiger partial charge on any atom is -0.489 e. The smallest absolute Gasteiger partial charge is 0.342 e. The lowest BCUT2D eigenvalue weighted by molar-refractivity contribution is -0.120. The lowest BCUT2D eigenvalue weighted by Gasteiger charge is -2.20. The van der Waals surface area contributed by atoms with Crippen LogP contribution < -0.4 is 15.0 Å². The predicted octanol–water partition coefficient (Wildman–Crippen LogP) is 3.25. The third-order valence-corrected chi connectivity index (χ3v) is 5.75. The van der Waals surface area contributed by atoms with Gasteiger partial charge in [-0.25, -0.2) is 9.78 Å². The first-order valence-electron chi connectivity index (χ1n) is 11.4. The number of hydrogen-bond acceptors (Lipinski definition) is 5. The lowest BCUT2D eigenvalue weighted by atomic mass is 10.1. The Morgan fingerprint density at radius 2 is 1.92 bits per heavy atom. The van der Waals surface area contributed by atoms with Crippen LogP contribution >= 0.6 is 0 Å². The standard InChI is InChI=1S/C28H23N5O3/c1-32-25-16-21(10-12-23-9-5-6-14-29-23)11-13-26(25)36-19-24(27(32)34)31-28(35)33-18-22(17-30-33)15-20-7-3-2-4-8-20/h2-9,11,13-14,16-18,24H,15,19H2,1H3,(H,31,35)/t24-/m0/s1. The molecule has 0 spiro atoms. The van der Waals surface area contributed by atoms with Crippen molar-refractivity contribution >= 4 is 17.6 Å². The Labute approximate surface area is 208 Å². The molecule has 1 atom stereocenters. The highest BCUT2D eigenvalue weighted by Crippen LogP contribution is 2.31. The number of nitrogens with one attached hydrogen (secondary N) is 1. The molecule has 2 amide bonds. The Morgan fingerprint density at radius 1 is 1.08 bits per heavy atom. The van der Waals surface area contributed by atoms with Crippen molar-refractivity contribution in [3.63, 3.8) is 0 Å². The van der Waals surface area contributed by atoms with Gasteiger partial charge in [-0.05, 0) is 47.4 Å². The van der Waals surface area contributed by atoms with Crippen LogP contribution in [0.1, 0.15) is 22.4 Å². The average molecular weight is 478 g/mol. The van der Waals surface area contributed by atoms with E-state index in [4.69, 9.17) is 4.74 Å². The summed E-state index contributed by atoms with van der Waals surface area (Å²) in [5, 5.41) is 6.90. The van der Waals surface area contributed by atoms with Crippen LogP contribution in [0.3, 0.4) is 0 Å². The van der Waals surface area contributed by atoms with Crippen molar-refractivity contribution in [1.29, 1.82) is 0 Å². The van der Waals surface area contributed by atoms with E-state index in [1.165, 1.54) is 9.58 Å². The molecule has 2 aromatic heterocycles. The minimum absolute atomic E-state index is 0.000977. The molecule has 0 bridgehead atoms. The molecule has 3 heterocycles. The van der Waals surface area contributed by atoms with Crippen molar-refractivity contribution in [3.8, 4) is 17.6 Å². The maximum Gasteiger partial charge on any atom is 0.342 e. The number of rotatable bonds is 3. The first kappa shape index (κ1) is 22.9. The Morgan fingerprint density at radius 3 is 2.72 bits per heavy atom. The highest BCUT2D eigenvalue weighted by atomic mass is 16.5. The molecule has 8 nitrogen and oxygen atoms in total. The highest BCUT2D eigenvalue weighted by Gasteiger charge is 2.31. The number of hydrogen-bond donors (Lipinski definition) is 1. The van der Waals surface area contributed by atoms with E-state index in [-0.39, 0.29) is 12.5 Å². The fraction of sp³-hybridized carbons (Fsp3) is 0.143. The van der Waals surface area contributed by atoms with Gasteiger partial charge in [0.2, 0.25) is 0 Å². The number of carbonyl (C=O) groups excluding carboxylic acids is 2. The number of anilines is 1. The first-order valence-corrected chi connectivity index (χ1v) is 11.4. The fourth-order valence-electron chi connectivity index (χ4n) is 3.86. The summed E-state index contributed by atoms with van der Waals surface area (Å²) < 4.78 is 7.08. The number of carbonyl (C=O) groups is 2. The summed E-state index contributed by atoms with van der Waals surface area (Å²) in [5.74, 6) is 6.31. The van der Waals surface area contributed by atoms with Crippen LogP contribution in [0.4, 0.5) is 10.5 Å². The second kappa shape index (κ2) is 10.2. The van der Waals surface area contributed by atoms with Crippen molar-refractivity contribution in [2.24, 2.45) is 0 Å². The molecule has 0 saturated heterocycles. The zero-order valence-corrected chi connectivity index (χ0v) is 19.6. The van der Waals surface area contributed by atoms with Gasteiger partial charge in [-0.1, -0.05) is 42.3 Å². The van der Waals surface area contributed by atoms with Gasteiger partial charge in [0.15, 0.2) is 0 Å². The summed E-state index contributed by atoms with van der Waals surface area (Å²) >= 11 is 0. The van der Waals surface area contributed by atoms with Crippen molar-refractivity contribution < 1.29 is 14.3 Å². The van der Waals surface area contributed by atoms with Gasteiger partial charge in [-0.3, -0.25) is 4.79 Å². The molecule has 1 N–H and O–H groups in total. The van der Waals surface area contributed by atoms with Crippen LogP contribution in [0.15, 0.2) is 85.3 Å². The van der Waals surface area contributed by atoms with E-state index in [9.17, 15) is 9.59 Å². The topological polar surface area (TPSA) is 89.4 Å². The molecule has 4 aromatic rings. The fourth-order valence-corrected chi connectivity index (χ4v) is 3.86. The van der Waals surface area contributed by atoms with Crippen LogP contribution in [0.2, 0.25) is 0 Å². The van der Waals surface area contributed by atoms with Crippen LogP contribution in [0.25, 0.3) is 0 Å². The molecule has 0 radical (unpaired) electrons. The number of fused-ring (bicyclic) bond motifs is 1. The summed E-state index contributed by atoms with van der Waals surface area (Å²) in [5.41, 5.74) is 3.96. The second-order valence-corrected chi connectivity index (χ2v) is 8.31. The third-order valence-electron chi connectivity index (χ3n) is 5.75. The van der Waals surface area contributed by atoms with E-state index in [0.717, 1.165) is 11.1 Å². The summed E-state index contributed by atoms with van der Waals surface area (Å²) in [6.07, 6.45) is 5.65. The normalized spacial score (nSPS) is 14.6. The summed E-state index contributed by atoms with van der Waals surface area (Å²) in [6, 6.07) is 19.5. The van der Waals surface area contributed by atoms with Crippen LogP contribution in [-0.2, 0) is 11.2 Å². The number of amides is 2. The number of ether oxygens (including phenoxy) is 1. The zero-order chi connectivity index (χ0) is 24.9. The van der Waals surface area contributed by atoms with Crippen molar-refractivity contribution in [2.75, 3.05) is 18.6 Å². The number of pyridine rings is 1. The van der Waals surface area contributed by atoms with E-state index in [2.05, 4.69) is 27.2 Å². The molecule has 8 heteroatoms. The van der Waals surface area contributed by atoms with E-state index in [1.807, 2.05) is 54.6 Å². The van der Waals surface area contributed by atoms with Crippen molar-refractivity contribution in [3.05, 3.63) is 108 Å². The Balaban J connectivity index is 1.28. The summed E-state index contributed by atoms with van der Waals surface area (Å²) in [4.78, 5) is 31.7. The van der Waals surface area contributed by atoms with Gasteiger partial charge in [0.25, 0.3) is 5.91 Å². The Hall–Kier alpha value is -4.90. The minimum atomic E-state index is -0.875. The van der Waals surface area contributed by atoms with Gasteiger partial charge in [0.1, 0.15) is 24.1 Å². The number of nitrogens with zero attached hydrogens (tertiary/aromatic N) is 4. The number of aromatic nitrogens is 3. The van der Waals surface area contributed by atoms with E-state index < -0.39 is 12.1 Å². The van der Waals surface area contributed by atoms with E-state index in [1.54, 1.807) is 37.8 Å². The molecule has 0 fully saturated rings. The van der Waals surface area contributed by atoms with Gasteiger partial charge in [-0.15, -0.1) is 0 Å².